The van der Waals surface area contributed by atoms with Crippen molar-refractivity contribution in [3.05, 3.63) is 94.0 Å². The number of fused-ring (bicyclic) bond motifs is 1. The number of aromatic amines is 1. The van der Waals surface area contributed by atoms with Gasteiger partial charge in [0.05, 0.1) is 10.6 Å². The molecule has 2 N–H and O–H groups in total. The van der Waals surface area contributed by atoms with Crippen molar-refractivity contribution in [3.8, 4) is 11.3 Å². The van der Waals surface area contributed by atoms with Crippen molar-refractivity contribution >= 4 is 34.3 Å². The SMILES string of the molecule is Cc1ccc(-c2[nH]c3ccccc3c2SCCNC(=O)c2ccc([N+](=O)[O-])cc2)cc1. The van der Waals surface area contributed by atoms with E-state index in [1.807, 2.05) is 12.1 Å². The van der Waals surface area contributed by atoms with Crippen LogP contribution >= 0.6 is 11.8 Å². The standard InChI is InChI=1S/C24H21N3O3S/c1-16-6-8-17(9-7-16)22-23(20-4-2-3-5-21(20)26-22)31-15-14-25-24(28)18-10-12-19(13-11-18)27(29)30/h2-13,26H,14-15H2,1H3,(H,25,28). The molecule has 0 radical (unpaired) electrons. The van der Waals surface area contributed by atoms with E-state index in [1.165, 1.54) is 29.8 Å². The molecule has 31 heavy (non-hydrogen) atoms. The summed E-state index contributed by atoms with van der Waals surface area (Å²) in [4.78, 5) is 27.3. The first kappa shape index (κ1) is 20.7. The molecule has 4 rings (SSSR count). The maximum Gasteiger partial charge on any atom is 0.269 e. The van der Waals surface area contributed by atoms with Gasteiger partial charge in [0.1, 0.15) is 0 Å². The molecule has 0 saturated carbocycles. The summed E-state index contributed by atoms with van der Waals surface area (Å²) in [5.41, 5.74) is 4.86. The lowest BCUT2D eigenvalue weighted by molar-refractivity contribution is -0.384. The van der Waals surface area contributed by atoms with E-state index in [1.54, 1.807) is 11.8 Å². The number of thioether (sulfide) groups is 1. The number of nitrogens with one attached hydrogen (secondary N) is 2. The van der Waals surface area contributed by atoms with Crippen molar-refractivity contribution < 1.29 is 9.72 Å². The summed E-state index contributed by atoms with van der Waals surface area (Å²) in [7, 11) is 0. The van der Waals surface area contributed by atoms with Gasteiger partial charge in [0.25, 0.3) is 11.6 Å². The van der Waals surface area contributed by atoms with Crippen molar-refractivity contribution in [3.63, 3.8) is 0 Å². The Morgan fingerprint density at radius 1 is 1.03 bits per heavy atom. The van der Waals surface area contributed by atoms with Gasteiger partial charge in [-0.25, -0.2) is 0 Å². The van der Waals surface area contributed by atoms with Gasteiger partial charge in [0, 0.05) is 45.8 Å². The number of hydrogen-bond donors (Lipinski definition) is 2. The highest BCUT2D eigenvalue weighted by Gasteiger charge is 2.14. The largest absolute Gasteiger partial charge is 0.354 e. The van der Waals surface area contributed by atoms with Crippen LogP contribution in [0, 0.1) is 17.0 Å². The minimum absolute atomic E-state index is 0.0323. The maximum absolute atomic E-state index is 12.3. The van der Waals surface area contributed by atoms with Crippen LogP contribution in [0.25, 0.3) is 22.2 Å². The van der Waals surface area contributed by atoms with Gasteiger partial charge in [0.15, 0.2) is 0 Å². The number of nitro groups is 1. The number of nitrogens with zero attached hydrogens (tertiary/aromatic N) is 1. The van der Waals surface area contributed by atoms with Crippen LogP contribution in [0.3, 0.4) is 0 Å². The van der Waals surface area contributed by atoms with Crippen molar-refractivity contribution in [2.24, 2.45) is 0 Å². The molecule has 0 atom stereocenters. The van der Waals surface area contributed by atoms with Gasteiger partial charge in [-0.15, -0.1) is 11.8 Å². The van der Waals surface area contributed by atoms with Crippen molar-refractivity contribution in [2.75, 3.05) is 12.3 Å². The van der Waals surface area contributed by atoms with Crippen LogP contribution in [-0.2, 0) is 0 Å². The third-order valence-corrected chi connectivity index (χ3v) is 6.09. The molecule has 1 heterocycles. The van der Waals surface area contributed by atoms with Gasteiger partial charge in [-0.3, -0.25) is 14.9 Å². The summed E-state index contributed by atoms with van der Waals surface area (Å²) in [5.74, 6) is 0.451. The molecule has 0 bridgehead atoms. The number of amides is 1. The summed E-state index contributed by atoms with van der Waals surface area (Å²) in [6.45, 7) is 2.55. The lowest BCUT2D eigenvalue weighted by Gasteiger charge is -2.07. The van der Waals surface area contributed by atoms with E-state index in [2.05, 4.69) is 53.6 Å². The monoisotopic (exact) mass is 431 g/mol. The molecule has 3 aromatic carbocycles. The molecule has 0 aliphatic carbocycles. The second-order valence-electron chi connectivity index (χ2n) is 7.15. The van der Waals surface area contributed by atoms with Crippen molar-refractivity contribution in [2.45, 2.75) is 11.8 Å². The first-order valence-electron chi connectivity index (χ1n) is 9.86. The second kappa shape index (κ2) is 9.06. The third kappa shape index (κ3) is 4.62. The van der Waals surface area contributed by atoms with Gasteiger partial charge in [-0.2, -0.15) is 0 Å². The number of para-hydroxylation sites is 1. The fourth-order valence-corrected chi connectivity index (χ4v) is 4.40. The Morgan fingerprint density at radius 3 is 2.45 bits per heavy atom. The van der Waals surface area contributed by atoms with E-state index in [0.717, 1.165) is 27.1 Å². The van der Waals surface area contributed by atoms with Gasteiger partial charge >= 0.3 is 0 Å². The zero-order chi connectivity index (χ0) is 21.8. The van der Waals surface area contributed by atoms with E-state index in [9.17, 15) is 14.9 Å². The number of aryl methyl sites for hydroxylation is 1. The lowest BCUT2D eigenvalue weighted by Crippen LogP contribution is -2.25. The highest BCUT2D eigenvalue weighted by Crippen LogP contribution is 2.37. The summed E-state index contributed by atoms with van der Waals surface area (Å²) in [5, 5.41) is 14.8. The Kier molecular flexibility index (Phi) is 6.04. The quantitative estimate of drug-likeness (QED) is 0.173. The van der Waals surface area contributed by atoms with E-state index in [-0.39, 0.29) is 11.6 Å². The molecule has 6 nitrogen and oxygen atoms in total. The Balaban J connectivity index is 1.45. The fraction of sp³-hybridized carbons (Fsp3) is 0.125. The van der Waals surface area contributed by atoms with Crippen molar-refractivity contribution in [1.29, 1.82) is 0 Å². The molecule has 1 aromatic heterocycles. The van der Waals surface area contributed by atoms with Gasteiger partial charge in [-0.05, 0) is 30.7 Å². The normalized spacial score (nSPS) is 10.9. The van der Waals surface area contributed by atoms with Crippen LogP contribution in [0.4, 0.5) is 5.69 Å². The lowest BCUT2D eigenvalue weighted by atomic mass is 10.1. The molecule has 0 unspecified atom stereocenters. The molecule has 4 aromatic rings. The first-order valence-corrected chi connectivity index (χ1v) is 10.8. The van der Waals surface area contributed by atoms with Crippen LogP contribution in [0.5, 0.6) is 0 Å². The van der Waals surface area contributed by atoms with E-state index in [4.69, 9.17) is 0 Å². The summed E-state index contributed by atoms with van der Waals surface area (Å²) in [6.07, 6.45) is 0. The Labute approximate surface area is 183 Å². The highest BCUT2D eigenvalue weighted by molar-refractivity contribution is 7.99. The van der Waals surface area contributed by atoms with E-state index in [0.29, 0.717) is 17.9 Å². The number of benzene rings is 3. The van der Waals surface area contributed by atoms with Crippen LogP contribution in [0.15, 0.2) is 77.7 Å². The smallest absolute Gasteiger partial charge is 0.269 e. The Morgan fingerprint density at radius 2 is 1.74 bits per heavy atom. The van der Waals surface area contributed by atoms with E-state index >= 15 is 0 Å². The van der Waals surface area contributed by atoms with Crippen molar-refractivity contribution in [1.82, 2.24) is 10.3 Å². The minimum Gasteiger partial charge on any atom is -0.354 e. The molecule has 0 aliphatic rings. The average molecular weight is 432 g/mol. The van der Waals surface area contributed by atoms with Crippen LogP contribution in [0.2, 0.25) is 0 Å². The number of rotatable bonds is 7. The summed E-state index contributed by atoms with van der Waals surface area (Å²) < 4.78 is 0. The summed E-state index contributed by atoms with van der Waals surface area (Å²) >= 11 is 1.69. The molecule has 0 fully saturated rings. The van der Waals surface area contributed by atoms with Gasteiger partial charge < -0.3 is 10.3 Å². The molecule has 0 saturated heterocycles. The molecule has 0 aliphatic heterocycles. The average Bonchev–Trinajstić information content (AvgIpc) is 3.15. The predicted octanol–water partition coefficient (Wildman–Crippen LogP) is 5.57. The minimum atomic E-state index is -0.481. The van der Waals surface area contributed by atoms with E-state index < -0.39 is 4.92 Å². The molecule has 7 heteroatoms. The zero-order valence-electron chi connectivity index (χ0n) is 16.9. The topological polar surface area (TPSA) is 88.0 Å². The molecule has 0 spiro atoms. The van der Waals surface area contributed by atoms with Gasteiger partial charge in [-0.1, -0.05) is 48.0 Å². The number of non-ortho nitro benzene ring substituents is 1. The zero-order valence-corrected chi connectivity index (χ0v) is 17.7. The summed E-state index contributed by atoms with van der Waals surface area (Å²) in [6, 6.07) is 22.2. The number of aromatic nitrogens is 1. The Hall–Kier alpha value is -3.58. The molecular formula is C24H21N3O3S. The predicted molar refractivity (Wildman–Crippen MR) is 125 cm³/mol. The number of carbonyl (C=O) groups is 1. The number of nitro benzene ring substituents is 1. The first-order chi connectivity index (χ1) is 15.0. The maximum atomic E-state index is 12.3. The fourth-order valence-electron chi connectivity index (χ4n) is 3.34. The molecular weight excluding hydrogens is 410 g/mol. The number of carbonyl (C=O) groups excluding carboxylic acids is 1. The number of hydrogen-bond acceptors (Lipinski definition) is 4. The van der Waals surface area contributed by atoms with Crippen LogP contribution in [-0.4, -0.2) is 28.1 Å². The number of H-pyrrole nitrogens is 1. The second-order valence-corrected chi connectivity index (χ2v) is 8.25. The molecule has 1 amide bonds. The highest BCUT2D eigenvalue weighted by atomic mass is 32.2. The molecule has 156 valence electrons. The van der Waals surface area contributed by atoms with Gasteiger partial charge in [0.2, 0.25) is 0 Å². The Bertz CT molecular complexity index is 1230. The van der Waals surface area contributed by atoms with Crippen LogP contribution < -0.4 is 5.32 Å². The third-order valence-electron chi connectivity index (χ3n) is 4.97. The van der Waals surface area contributed by atoms with Crippen LogP contribution in [0.1, 0.15) is 15.9 Å².